The fraction of sp³-hybridized carbons (Fsp3) is 0.375. The van der Waals surface area contributed by atoms with Gasteiger partial charge in [0.25, 0.3) is 0 Å². The van der Waals surface area contributed by atoms with Crippen LogP contribution in [0.5, 0.6) is 0 Å². The van der Waals surface area contributed by atoms with Crippen LogP contribution in [-0.2, 0) is 19.3 Å². The van der Waals surface area contributed by atoms with E-state index in [1.807, 2.05) is 13.8 Å². The van der Waals surface area contributed by atoms with E-state index in [9.17, 15) is 13.2 Å². The number of hydrogen-bond donors (Lipinski definition) is 2. The Morgan fingerprint density at radius 3 is 2.56 bits per heavy atom. The molecule has 3 aromatic rings. The number of halogens is 3. The first-order valence-electron chi connectivity index (χ1n) is 8.06. The maximum Gasteiger partial charge on any atom is 0.417 e. The van der Waals surface area contributed by atoms with Gasteiger partial charge in [0, 0.05) is 18.1 Å². The van der Waals surface area contributed by atoms with E-state index < -0.39 is 11.7 Å². The second-order valence-corrected chi connectivity index (χ2v) is 7.07. The molecule has 7 nitrogen and oxygen atoms in total. The molecule has 2 N–H and O–H groups in total. The van der Waals surface area contributed by atoms with Crippen LogP contribution in [0.1, 0.15) is 27.0 Å². The van der Waals surface area contributed by atoms with Crippen LogP contribution < -0.4 is 10.6 Å². The molecular formula is C16H18F3N7S. The highest BCUT2D eigenvalue weighted by Crippen LogP contribution is 2.29. The number of fused-ring (bicyclic) bond motifs is 1. The van der Waals surface area contributed by atoms with Gasteiger partial charge in [-0.05, 0) is 26.0 Å². The maximum absolute atomic E-state index is 12.9. The van der Waals surface area contributed by atoms with Gasteiger partial charge >= 0.3 is 6.18 Å². The van der Waals surface area contributed by atoms with Gasteiger partial charge in [-0.1, -0.05) is 0 Å². The molecule has 3 rings (SSSR count). The average Bonchev–Trinajstić information content (AvgIpc) is 3.16. The summed E-state index contributed by atoms with van der Waals surface area (Å²) in [6.45, 7) is 4.61. The minimum absolute atomic E-state index is 0.169. The first-order valence-corrected chi connectivity index (χ1v) is 8.88. The number of rotatable bonds is 4. The Kier molecular flexibility index (Phi) is 5.31. The van der Waals surface area contributed by atoms with E-state index in [2.05, 4.69) is 30.8 Å². The summed E-state index contributed by atoms with van der Waals surface area (Å²) in [6.07, 6.45) is -3.43. The van der Waals surface area contributed by atoms with Crippen molar-refractivity contribution in [2.45, 2.75) is 33.1 Å². The first kappa shape index (κ1) is 19.1. The maximum atomic E-state index is 12.9. The van der Waals surface area contributed by atoms with Gasteiger partial charge in [-0.2, -0.15) is 13.2 Å². The molecule has 0 aliphatic rings. The normalized spacial score (nSPS) is 12.6. The van der Waals surface area contributed by atoms with Crippen LogP contribution >= 0.6 is 11.3 Å². The number of thiazole rings is 1. The van der Waals surface area contributed by atoms with E-state index in [-0.39, 0.29) is 6.54 Å². The average molecular weight is 397 g/mol. The lowest BCUT2D eigenvalue weighted by Crippen LogP contribution is -2.36. The summed E-state index contributed by atoms with van der Waals surface area (Å²) in [6, 6.07) is 2.28. The Bertz CT molecular complexity index is 974. The number of pyridine rings is 1. The van der Waals surface area contributed by atoms with Gasteiger partial charge in [0.1, 0.15) is 0 Å². The number of aromatic nitrogens is 4. The van der Waals surface area contributed by atoms with Crippen LogP contribution in [0, 0.1) is 13.8 Å². The monoisotopic (exact) mass is 397 g/mol. The fourth-order valence-electron chi connectivity index (χ4n) is 2.51. The Morgan fingerprint density at radius 1 is 1.19 bits per heavy atom. The predicted molar refractivity (Wildman–Crippen MR) is 96.6 cm³/mol. The van der Waals surface area contributed by atoms with Gasteiger partial charge in [0.05, 0.1) is 29.4 Å². The predicted octanol–water partition coefficient (Wildman–Crippen LogP) is 2.69. The SMILES string of the molecule is CN=C(NCc1sc(C)nc1C)NCc1nnc2ccc(C(F)(F)F)cn12. The fourth-order valence-corrected chi connectivity index (χ4v) is 3.39. The van der Waals surface area contributed by atoms with Crippen LogP contribution in [0.15, 0.2) is 23.3 Å². The molecule has 0 amide bonds. The highest BCUT2D eigenvalue weighted by molar-refractivity contribution is 7.11. The second kappa shape index (κ2) is 7.51. The van der Waals surface area contributed by atoms with Gasteiger partial charge in [0.2, 0.25) is 0 Å². The van der Waals surface area contributed by atoms with Crippen LogP contribution in [0.2, 0.25) is 0 Å². The van der Waals surface area contributed by atoms with Crippen molar-refractivity contribution in [1.82, 2.24) is 30.2 Å². The summed E-state index contributed by atoms with van der Waals surface area (Å²) in [5.74, 6) is 0.855. The highest BCUT2D eigenvalue weighted by atomic mass is 32.1. The van der Waals surface area contributed by atoms with Crippen LogP contribution in [0.25, 0.3) is 5.65 Å². The smallest absolute Gasteiger partial charge is 0.351 e. The van der Waals surface area contributed by atoms with Crippen molar-refractivity contribution >= 4 is 22.9 Å². The van der Waals surface area contributed by atoms with Crippen molar-refractivity contribution in [3.05, 3.63) is 45.3 Å². The number of hydrogen-bond acceptors (Lipinski definition) is 5. The van der Waals surface area contributed by atoms with Crippen LogP contribution in [0.4, 0.5) is 13.2 Å². The lowest BCUT2D eigenvalue weighted by atomic mass is 10.3. The molecule has 0 fully saturated rings. The third kappa shape index (κ3) is 4.35. The highest BCUT2D eigenvalue weighted by Gasteiger charge is 2.31. The molecule has 0 aromatic carbocycles. The largest absolute Gasteiger partial charge is 0.417 e. The molecule has 0 bridgehead atoms. The zero-order valence-corrected chi connectivity index (χ0v) is 15.7. The summed E-state index contributed by atoms with van der Waals surface area (Å²) in [7, 11) is 1.61. The standard InChI is InChI=1S/C16H18F3N7S/c1-9-12(27-10(2)23-9)6-21-15(20-3)22-7-14-25-24-13-5-4-11(8-26(13)14)16(17,18)19/h4-5,8H,6-7H2,1-3H3,(H2,20,21,22). The molecule has 0 unspecified atom stereocenters. The summed E-state index contributed by atoms with van der Waals surface area (Å²) in [5, 5.41) is 15.0. The van der Waals surface area contributed by atoms with E-state index in [1.165, 1.54) is 10.5 Å². The minimum atomic E-state index is -4.43. The van der Waals surface area contributed by atoms with E-state index in [0.29, 0.717) is 24.0 Å². The Labute approximate surface area is 157 Å². The molecule has 0 atom stereocenters. The topological polar surface area (TPSA) is 79.5 Å². The lowest BCUT2D eigenvalue weighted by molar-refractivity contribution is -0.137. The number of nitrogens with one attached hydrogen (secondary N) is 2. The minimum Gasteiger partial charge on any atom is -0.351 e. The Morgan fingerprint density at radius 2 is 1.93 bits per heavy atom. The summed E-state index contributed by atoms with van der Waals surface area (Å²) in [4.78, 5) is 9.58. The number of aliphatic imine (C=N–C) groups is 1. The quantitative estimate of drug-likeness (QED) is 0.523. The molecule has 11 heteroatoms. The van der Waals surface area contributed by atoms with Crippen molar-refractivity contribution in [3.63, 3.8) is 0 Å². The van der Waals surface area contributed by atoms with Gasteiger partial charge in [-0.15, -0.1) is 21.5 Å². The van der Waals surface area contributed by atoms with Crippen LogP contribution in [-0.4, -0.2) is 32.6 Å². The molecule has 0 spiro atoms. The van der Waals surface area contributed by atoms with Crippen molar-refractivity contribution in [2.24, 2.45) is 4.99 Å². The number of guanidine groups is 1. The summed E-state index contributed by atoms with van der Waals surface area (Å²) in [5.41, 5.74) is 0.552. The van der Waals surface area contributed by atoms with Crippen molar-refractivity contribution in [2.75, 3.05) is 7.05 Å². The Hall–Kier alpha value is -2.69. The van der Waals surface area contributed by atoms with Crippen molar-refractivity contribution < 1.29 is 13.2 Å². The van der Waals surface area contributed by atoms with Gasteiger partial charge in [0.15, 0.2) is 17.4 Å². The lowest BCUT2D eigenvalue weighted by Gasteiger charge is -2.11. The molecule has 0 saturated carbocycles. The molecule has 0 aliphatic heterocycles. The zero-order chi connectivity index (χ0) is 19.6. The molecule has 0 saturated heterocycles. The summed E-state index contributed by atoms with van der Waals surface area (Å²) >= 11 is 1.60. The molecule has 27 heavy (non-hydrogen) atoms. The molecule has 144 valence electrons. The number of alkyl halides is 3. The van der Waals surface area contributed by atoms with Crippen molar-refractivity contribution in [1.29, 1.82) is 0 Å². The van der Waals surface area contributed by atoms with Crippen molar-refractivity contribution in [3.8, 4) is 0 Å². The number of nitrogens with zero attached hydrogens (tertiary/aromatic N) is 5. The molecule has 0 aliphatic carbocycles. The van der Waals surface area contributed by atoms with E-state index in [0.717, 1.165) is 27.8 Å². The third-order valence-electron chi connectivity index (χ3n) is 3.85. The zero-order valence-electron chi connectivity index (χ0n) is 14.9. The van der Waals surface area contributed by atoms with E-state index in [1.54, 1.807) is 18.4 Å². The molecule has 0 radical (unpaired) electrons. The first-order chi connectivity index (χ1) is 12.8. The van der Waals surface area contributed by atoms with Gasteiger partial charge in [-0.25, -0.2) is 4.98 Å². The Balaban J connectivity index is 1.68. The van der Waals surface area contributed by atoms with E-state index in [4.69, 9.17) is 0 Å². The molecular weight excluding hydrogens is 379 g/mol. The number of aryl methyl sites for hydroxylation is 2. The van der Waals surface area contributed by atoms with Gasteiger partial charge in [-0.3, -0.25) is 9.39 Å². The van der Waals surface area contributed by atoms with Crippen LogP contribution in [0.3, 0.4) is 0 Å². The second-order valence-electron chi connectivity index (χ2n) is 5.78. The summed E-state index contributed by atoms with van der Waals surface area (Å²) < 4.78 is 40.1. The third-order valence-corrected chi connectivity index (χ3v) is 4.93. The van der Waals surface area contributed by atoms with Gasteiger partial charge < -0.3 is 10.6 Å². The molecule has 3 aromatic heterocycles. The molecule has 3 heterocycles. The van der Waals surface area contributed by atoms with E-state index >= 15 is 0 Å².